The highest BCUT2D eigenvalue weighted by Crippen LogP contribution is 2.29. The van der Waals surface area contributed by atoms with E-state index in [0.717, 1.165) is 24.5 Å². The van der Waals surface area contributed by atoms with E-state index in [4.69, 9.17) is 0 Å². The molecule has 1 aromatic carbocycles. The second-order valence-electron chi connectivity index (χ2n) is 6.21. The number of allylic oxidation sites excluding steroid dienone is 2. The van der Waals surface area contributed by atoms with Gasteiger partial charge in [-0.25, -0.2) is 8.42 Å². The first-order valence-electron chi connectivity index (χ1n) is 8.28. The van der Waals surface area contributed by atoms with E-state index in [0.29, 0.717) is 12.0 Å². The van der Waals surface area contributed by atoms with Crippen molar-refractivity contribution in [2.24, 2.45) is 10.2 Å². The summed E-state index contributed by atoms with van der Waals surface area (Å²) in [4.78, 5) is 2.59. The molecule has 3 aliphatic rings. The smallest absolute Gasteiger partial charge is 0.226 e. The predicted octanol–water partition coefficient (Wildman–Crippen LogP) is 2.93. The van der Waals surface area contributed by atoms with E-state index in [-0.39, 0.29) is 9.94 Å². The van der Waals surface area contributed by atoms with Crippen molar-refractivity contribution in [2.75, 3.05) is 13.1 Å². The van der Waals surface area contributed by atoms with Crippen molar-refractivity contribution in [2.45, 2.75) is 30.6 Å². The Hall–Kier alpha value is -2.21. The van der Waals surface area contributed by atoms with Crippen LogP contribution >= 0.6 is 0 Å². The average Bonchev–Trinajstić information content (AvgIpc) is 3.07. The summed E-state index contributed by atoms with van der Waals surface area (Å²) in [5.74, 6) is 0. The van der Waals surface area contributed by atoms with Crippen LogP contribution in [0.1, 0.15) is 25.7 Å². The molecule has 0 saturated carbocycles. The standard InChI is InChI=1S/C18H19N3O2S/c22-24(23,15-7-3-1-4-8-15)18-16-13-14(9-10-17(16)19-20-18)21-11-5-2-6-12-21/h1,3-4,7-9,13H,2,5-6,10-12H2. The first kappa shape index (κ1) is 15.3. The molecule has 0 aromatic heterocycles. The zero-order valence-electron chi connectivity index (χ0n) is 13.4. The number of fused-ring (bicyclic) bond motifs is 1. The molecule has 4 rings (SSSR count). The van der Waals surface area contributed by atoms with E-state index in [1.165, 1.54) is 19.3 Å². The minimum atomic E-state index is -3.64. The maximum Gasteiger partial charge on any atom is 0.226 e. The van der Waals surface area contributed by atoms with Gasteiger partial charge in [-0.15, -0.1) is 5.10 Å². The monoisotopic (exact) mass is 341 g/mol. The van der Waals surface area contributed by atoms with Crippen LogP contribution in [-0.2, 0) is 9.84 Å². The number of rotatable bonds is 2. The van der Waals surface area contributed by atoms with Gasteiger partial charge in [0.15, 0.2) is 5.04 Å². The van der Waals surface area contributed by atoms with Gasteiger partial charge < -0.3 is 4.90 Å². The average molecular weight is 341 g/mol. The van der Waals surface area contributed by atoms with Crippen molar-refractivity contribution >= 4 is 20.6 Å². The second kappa shape index (κ2) is 6.02. The SMILES string of the molecule is O=S(=O)(C1=NN=C2CC=C(N3CCCCC3)C=C21)c1ccccc1. The van der Waals surface area contributed by atoms with Gasteiger partial charge in [0.25, 0.3) is 0 Å². The lowest BCUT2D eigenvalue weighted by Gasteiger charge is -2.31. The van der Waals surface area contributed by atoms with Gasteiger partial charge in [0.05, 0.1) is 10.6 Å². The second-order valence-corrected chi connectivity index (χ2v) is 8.07. The van der Waals surface area contributed by atoms with Gasteiger partial charge in [0.2, 0.25) is 9.84 Å². The van der Waals surface area contributed by atoms with Crippen LogP contribution in [0.15, 0.2) is 68.9 Å². The van der Waals surface area contributed by atoms with Crippen LogP contribution in [0.5, 0.6) is 0 Å². The zero-order valence-corrected chi connectivity index (χ0v) is 14.2. The summed E-state index contributed by atoms with van der Waals surface area (Å²) >= 11 is 0. The van der Waals surface area contributed by atoms with Crippen molar-refractivity contribution in [1.82, 2.24) is 4.90 Å². The number of hydrogen-bond acceptors (Lipinski definition) is 5. The Balaban J connectivity index is 1.67. The summed E-state index contributed by atoms with van der Waals surface area (Å²) in [6.07, 6.45) is 8.34. The van der Waals surface area contributed by atoms with Gasteiger partial charge in [-0.05, 0) is 37.5 Å². The van der Waals surface area contributed by atoms with E-state index in [1.54, 1.807) is 30.3 Å². The van der Waals surface area contributed by atoms with Crippen LogP contribution in [0.2, 0.25) is 0 Å². The van der Waals surface area contributed by atoms with Gasteiger partial charge in [-0.1, -0.05) is 24.3 Å². The molecule has 1 fully saturated rings. The van der Waals surface area contributed by atoms with Crippen LogP contribution in [-0.4, -0.2) is 37.2 Å². The Labute approximate surface area is 142 Å². The first-order chi connectivity index (χ1) is 11.7. The molecule has 0 spiro atoms. The van der Waals surface area contributed by atoms with Gasteiger partial charge in [-0.3, -0.25) is 0 Å². The highest BCUT2D eigenvalue weighted by atomic mass is 32.2. The first-order valence-corrected chi connectivity index (χ1v) is 9.77. The number of hydrogen-bond donors (Lipinski definition) is 0. The fraction of sp³-hybridized carbons (Fsp3) is 0.333. The summed E-state index contributed by atoms with van der Waals surface area (Å²) in [7, 11) is -3.64. The molecule has 0 radical (unpaired) electrons. The summed E-state index contributed by atoms with van der Waals surface area (Å²) in [5.41, 5.74) is 2.49. The topological polar surface area (TPSA) is 62.1 Å². The maximum absolute atomic E-state index is 12.9. The third-order valence-electron chi connectivity index (χ3n) is 4.63. The number of nitrogens with zero attached hydrogens (tertiary/aromatic N) is 3. The van der Waals surface area contributed by atoms with Crippen LogP contribution in [0.25, 0.3) is 0 Å². The molecule has 2 aliphatic heterocycles. The Bertz CT molecular complexity index is 874. The lowest BCUT2D eigenvalue weighted by atomic mass is 10.00. The van der Waals surface area contributed by atoms with Crippen molar-refractivity contribution < 1.29 is 8.42 Å². The van der Waals surface area contributed by atoms with E-state index in [1.807, 2.05) is 6.08 Å². The highest BCUT2D eigenvalue weighted by molar-refractivity contribution is 8.07. The molecule has 2 heterocycles. The van der Waals surface area contributed by atoms with Gasteiger partial charge in [-0.2, -0.15) is 5.10 Å². The molecule has 0 atom stereocenters. The molecule has 0 amide bonds. The number of sulfone groups is 1. The third-order valence-corrected chi connectivity index (χ3v) is 6.33. The van der Waals surface area contributed by atoms with Crippen molar-refractivity contribution in [1.29, 1.82) is 0 Å². The largest absolute Gasteiger partial charge is 0.372 e. The highest BCUT2D eigenvalue weighted by Gasteiger charge is 2.34. The molecule has 1 aromatic rings. The van der Waals surface area contributed by atoms with Gasteiger partial charge in [0.1, 0.15) is 0 Å². The van der Waals surface area contributed by atoms with Crippen LogP contribution in [0.3, 0.4) is 0 Å². The van der Waals surface area contributed by atoms with Gasteiger partial charge >= 0.3 is 0 Å². The Morgan fingerprint density at radius 3 is 2.46 bits per heavy atom. The summed E-state index contributed by atoms with van der Waals surface area (Å²) in [6, 6.07) is 8.44. The lowest BCUT2D eigenvalue weighted by Crippen LogP contribution is -2.30. The fourth-order valence-corrected chi connectivity index (χ4v) is 4.68. The molecule has 0 N–H and O–H groups in total. The molecule has 0 unspecified atom stereocenters. The minimum absolute atomic E-state index is 0.0753. The summed E-state index contributed by atoms with van der Waals surface area (Å²) in [6.45, 7) is 2.06. The molecule has 6 heteroatoms. The van der Waals surface area contributed by atoms with Crippen molar-refractivity contribution in [3.63, 3.8) is 0 Å². The van der Waals surface area contributed by atoms with E-state index in [2.05, 4.69) is 21.2 Å². The number of likely N-dealkylation sites (tertiary alicyclic amines) is 1. The molecular formula is C18H19N3O2S. The lowest BCUT2D eigenvalue weighted by molar-refractivity contribution is 0.292. The molecule has 1 saturated heterocycles. The van der Waals surface area contributed by atoms with E-state index in [9.17, 15) is 8.42 Å². The van der Waals surface area contributed by atoms with Gasteiger partial charge in [0, 0.05) is 30.8 Å². The molecule has 0 bridgehead atoms. The van der Waals surface area contributed by atoms with Crippen molar-refractivity contribution in [3.05, 3.63) is 53.8 Å². The summed E-state index contributed by atoms with van der Waals surface area (Å²) < 4.78 is 25.8. The molecular weight excluding hydrogens is 322 g/mol. The quantitative estimate of drug-likeness (QED) is 0.831. The van der Waals surface area contributed by atoms with E-state index >= 15 is 0 Å². The number of benzene rings is 1. The molecule has 1 aliphatic carbocycles. The van der Waals surface area contributed by atoms with Crippen LogP contribution < -0.4 is 0 Å². The number of piperidine rings is 1. The van der Waals surface area contributed by atoms with Crippen molar-refractivity contribution in [3.8, 4) is 0 Å². The third kappa shape index (κ3) is 2.60. The Morgan fingerprint density at radius 2 is 1.71 bits per heavy atom. The Kier molecular flexibility index (Phi) is 3.84. The molecule has 24 heavy (non-hydrogen) atoms. The zero-order chi connectivity index (χ0) is 16.6. The predicted molar refractivity (Wildman–Crippen MR) is 94.7 cm³/mol. The van der Waals surface area contributed by atoms with Crippen LogP contribution in [0, 0.1) is 0 Å². The Morgan fingerprint density at radius 1 is 0.958 bits per heavy atom. The minimum Gasteiger partial charge on any atom is -0.372 e. The van der Waals surface area contributed by atoms with E-state index < -0.39 is 9.84 Å². The summed E-state index contributed by atoms with van der Waals surface area (Å²) in [5, 5.41) is 8.18. The maximum atomic E-state index is 12.9. The normalized spacial score (nSPS) is 20.8. The molecule has 5 nitrogen and oxygen atoms in total. The fourth-order valence-electron chi connectivity index (χ4n) is 3.32. The molecule has 124 valence electrons. The van der Waals surface area contributed by atoms with Crippen LogP contribution in [0.4, 0.5) is 0 Å².